The summed E-state index contributed by atoms with van der Waals surface area (Å²) in [4.78, 5) is 2.35. The molecular weight excluding hydrogens is 288 g/mol. The van der Waals surface area contributed by atoms with E-state index in [2.05, 4.69) is 64.4 Å². The molecule has 0 bridgehead atoms. The Hall–Kier alpha value is -0.380. The third-order valence-corrected chi connectivity index (χ3v) is 3.80. The molecule has 0 saturated carbocycles. The zero-order chi connectivity index (χ0) is 13.2. The summed E-state index contributed by atoms with van der Waals surface area (Å²) >= 11 is 3.59. The summed E-state index contributed by atoms with van der Waals surface area (Å²) in [5, 5.41) is 3.50. The van der Waals surface area contributed by atoms with Gasteiger partial charge in [0.15, 0.2) is 0 Å². The summed E-state index contributed by atoms with van der Waals surface area (Å²) in [6.45, 7) is 6.55. The molecule has 0 unspecified atom stereocenters. The lowest BCUT2D eigenvalue weighted by molar-refractivity contribution is 0.323. The molecule has 0 amide bonds. The van der Waals surface area contributed by atoms with E-state index < -0.39 is 0 Å². The van der Waals surface area contributed by atoms with E-state index in [0.717, 1.165) is 26.2 Å². The monoisotopic (exact) mass is 312 g/mol. The van der Waals surface area contributed by atoms with Crippen molar-refractivity contribution in [2.75, 3.05) is 26.7 Å². The molecule has 18 heavy (non-hydrogen) atoms. The van der Waals surface area contributed by atoms with Crippen LogP contribution in [-0.2, 0) is 6.54 Å². The molecule has 3 heteroatoms. The van der Waals surface area contributed by atoms with Crippen LogP contribution in [0.3, 0.4) is 0 Å². The van der Waals surface area contributed by atoms with E-state index >= 15 is 0 Å². The summed E-state index contributed by atoms with van der Waals surface area (Å²) < 4.78 is 1.20. The molecule has 0 atom stereocenters. The van der Waals surface area contributed by atoms with Gasteiger partial charge in [-0.2, -0.15) is 0 Å². The second-order valence-corrected chi connectivity index (χ2v) is 5.64. The van der Waals surface area contributed by atoms with E-state index in [1.807, 2.05) is 0 Å². The van der Waals surface area contributed by atoms with Crippen molar-refractivity contribution in [3.63, 3.8) is 0 Å². The smallest absolute Gasteiger partial charge is 0.0242 e. The number of halogens is 1. The summed E-state index contributed by atoms with van der Waals surface area (Å²) in [5.74, 6) is 0. The van der Waals surface area contributed by atoms with Crippen LogP contribution in [0.1, 0.15) is 31.7 Å². The molecule has 0 aliphatic heterocycles. The van der Waals surface area contributed by atoms with E-state index in [-0.39, 0.29) is 0 Å². The van der Waals surface area contributed by atoms with E-state index in [1.54, 1.807) is 0 Å². The highest BCUT2D eigenvalue weighted by Crippen LogP contribution is 2.16. The van der Waals surface area contributed by atoms with Crippen molar-refractivity contribution in [2.24, 2.45) is 0 Å². The predicted octanol–water partition coefficient (Wildman–Crippen LogP) is 3.66. The predicted molar refractivity (Wildman–Crippen MR) is 82.9 cm³/mol. The maximum atomic E-state index is 3.59. The SMILES string of the molecule is CCCCCNCCN(C)Cc1ccccc1Br. The normalized spacial score (nSPS) is 11.1. The molecule has 0 aromatic heterocycles. The molecule has 0 saturated heterocycles. The number of nitrogens with zero attached hydrogens (tertiary/aromatic N) is 1. The van der Waals surface area contributed by atoms with Crippen molar-refractivity contribution < 1.29 is 0 Å². The highest BCUT2D eigenvalue weighted by atomic mass is 79.9. The molecule has 1 N–H and O–H groups in total. The van der Waals surface area contributed by atoms with Crippen LogP contribution in [0.2, 0.25) is 0 Å². The Morgan fingerprint density at radius 1 is 1.17 bits per heavy atom. The van der Waals surface area contributed by atoms with Crippen LogP contribution in [-0.4, -0.2) is 31.6 Å². The van der Waals surface area contributed by atoms with E-state index in [9.17, 15) is 0 Å². The maximum absolute atomic E-state index is 3.59. The fourth-order valence-corrected chi connectivity index (χ4v) is 2.30. The van der Waals surface area contributed by atoms with Crippen LogP contribution in [0.4, 0.5) is 0 Å². The summed E-state index contributed by atoms with van der Waals surface area (Å²) in [7, 11) is 2.17. The van der Waals surface area contributed by atoms with Crippen molar-refractivity contribution >= 4 is 15.9 Å². The molecule has 0 fully saturated rings. The fraction of sp³-hybridized carbons (Fsp3) is 0.600. The minimum Gasteiger partial charge on any atom is -0.315 e. The third kappa shape index (κ3) is 6.53. The first-order chi connectivity index (χ1) is 8.74. The van der Waals surface area contributed by atoms with Gasteiger partial charge in [-0.1, -0.05) is 53.9 Å². The summed E-state index contributed by atoms with van der Waals surface area (Å²) in [5.41, 5.74) is 1.35. The second-order valence-electron chi connectivity index (χ2n) is 4.79. The minimum atomic E-state index is 0.998. The van der Waals surface area contributed by atoms with Gasteiger partial charge < -0.3 is 10.2 Å². The van der Waals surface area contributed by atoms with Gasteiger partial charge in [0.2, 0.25) is 0 Å². The number of unbranched alkanes of at least 4 members (excludes halogenated alkanes) is 2. The number of benzene rings is 1. The van der Waals surface area contributed by atoms with Crippen molar-refractivity contribution in [1.29, 1.82) is 0 Å². The van der Waals surface area contributed by atoms with Gasteiger partial charge in [0.25, 0.3) is 0 Å². The van der Waals surface area contributed by atoms with Gasteiger partial charge in [-0.3, -0.25) is 0 Å². The number of rotatable bonds is 9. The lowest BCUT2D eigenvalue weighted by Gasteiger charge is -2.17. The van der Waals surface area contributed by atoms with Gasteiger partial charge >= 0.3 is 0 Å². The quantitative estimate of drug-likeness (QED) is 0.700. The van der Waals surface area contributed by atoms with Crippen LogP contribution >= 0.6 is 15.9 Å². The summed E-state index contributed by atoms with van der Waals surface area (Å²) in [6.07, 6.45) is 3.92. The van der Waals surface area contributed by atoms with Crippen molar-refractivity contribution in [2.45, 2.75) is 32.7 Å². The van der Waals surface area contributed by atoms with Crippen LogP contribution in [0, 0.1) is 0 Å². The fourth-order valence-electron chi connectivity index (χ4n) is 1.89. The van der Waals surface area contributed by atoms with Crippen molar-refractivity contribution in [1.82, 2.24) is 10.2 Å². The van der Waals surface area contributed by atoms with Crippen LogP contribution < -0.4 is 5.32 Å². The maximum Gasteiger partial charge on any atom is 0.0242 e. The Kier molecular flexibility index (Phi) is 8.31. The molecule has 1 aromatic rings. The molecule has 0 radical (unpaired) electrons. The molecule has 102 valence electrons. The standard InChI is InChI=1S/C15H25BrN2/c1-3-4-7-10-17-11-12-18(2)13-14-8-5-6-9-15(14)16/h5-6,8-9,17H,3-4,7,10-13H2,1-2H3. The first-order valence-electron chi connectivity index (χ1n) is 6.86. The third-order valence-electron chi connectivity index (χ3n) is 3.03. The highest BCUT2D eigenvalue weighted by Gasteiger charge is 2.02. The van der Waals surface area contributed by atoms with Gasteiger partial charge in [0, 0.05) is 24.1 Å². The van der Waals surface area contributed by atoms with Crippen LogP contribution in [0.25, 0.3) is 0 Å². The molecule has 0 aliphatic carbocycles. The Balaban J connectivity index is 2.14. The molecule has 1 rings (SSSR count). The Labute approximate surface area is 120 Å². The lowest BCUT2D eigenvalue weighted by atomic mass is 10.2. The topological polar surface area (TPSA) is 15.3 Å². The number of hydrogen-bond donors (Lipinski definition) is 1. The van der Waals surface area contributed by atoms with Crippen LogP contribution in [0.15, 0.2) is 28.7 Å². The van der Waals surface area contributed by atoms with Gasteiger partial charge in [0.05, 0.1) is 0 Å². The number of likely N-dealkylation sites (N-methyl/N-ethyl adjacent to an activating group) is 1. The highest BCUT2D eigenvalue weighted by molar-refractivity contribution is 9.10. The number of hydrogen-bond acceptors (Lipinski definition) is 2. The Morgan fingerprint density at radius 2 is 1.94 bits per heavy atom. The van der Waals surface area contributed by atoms with Gasteiger partial charge in [-0.25, -0.2) is 0 Å². The molecule has 0 aliphatic rings. The Morgan fingerprint density at radius 3 is 2.67 bits per heavy atom. The largest absolute Gasteiger partial charge is 0.315 e. The minimum absolute atomic E-state index is 0.998. The molecule has 0 heterocycles. The average molecular weight is 313 g/mol. The molecular formula is C15H25BrN2. The molecule has 1 aromatic carbocycles. The van der Waals surface area contributed by atoms with Gasteiger partial charge in [-0.05, 0) is 31.6 Å². The van der Waals surface area contributed by atoms with Crippen LogP contribution in [0.5, 0.6) is 0 Å². The van der Waals surface area contributed by atoms with Gasteiger partial charge in [-0.15, -0.1) is 0 Å². The molecule has 0 spiro atoms. The zero-order valence-electron chi connectivity index (χ0n) is 11.6. The second kappa shape index (κ2) is 9.54. The van der Waals surface area contributed by atoms with Crippen molar-refractivity contribution in [3.05, 3.63) is 34.3 Å². The van der Waals surface area contributed by atoms with Crippen molar-refractivity contribution in [3.8, 4) is 0 Å². The van der Waals surface area contributed by atoms with E-state index in [1.165, 1.54) is 29.3 Å². The molecule has 2 nitrogen and oxygen atoms in total. The van der Waals surface area contributed by atoms with Gasteiger partial charge in [0.1, 0.15) is 0 Å². The summed E-state index contributed by atoms with van der Waals surface area (Å²) in [6, 6.07) is 8.43. The number of nitrogens with one attached hydrogen (secondary N) is 1. The average Bonchev–Trinajstić information content (AvgIpc) is 2.36. The zero-order valence-corrected chi connectivity index (χ0v) is 13.2. The lowest BCUT2D eigenvalue weighted by Crippen LogP contribution is -2.29. The first-order valence-corrected chi connectivity index (χ1v) is 7.66. The van der Waals surface area contributed by atoms with E-state index in [0.29, 0.717) is 0 Å². The first kappa shape index (κ1) is 15.7. The van der Waals surface area contributed by atoms with E-state index in [4.69, 9.17) is 0 Å². The Bertz CT molecular complexity index is 328.